The molecule has 0 spiro atoms. The zero-order chi connectivity index (χ0) is 14.0. The second-order valence-corrected chi connectivity index (χ2v) is 3.70. The highest BCUT2D eigenvalue weighted by Crippen LogP contribution is 2.15. The Bertz CT molecular complexity index is 634. The molecule has 0 aliphatic heterocycles. The number of carbonyl (C=O) groups is 2. The predicted octanol–water partition coefficient (Wildman–Crippen LogP) is 2.07. The van der Waals surface area contributed by atoms with Gasteiger partial charge in [0.05, 0.1) is 5.69 Å². The first-order chi connectivity index (χ1) is 8.97. The van der Waals surface area contributed by atoms with Crippen LogP contribution in [0.3, 0.4) is 0 Å². The topological polar surface area (TPSA) is 92.4 Å². The summed E-state index contributed by atoms with van der Waals surface area (Å²) in [5, 5.41) is 11.1. The van der Waals surface area contributed by atoms with Gasteiger partial charge in [-0.2, -0.15) is 4.98 Å². The Morgan fingerprint density at radius 3 is 2.47 bits per heavy atom. The molecule has 0 saturated heterocycles. The second kappa shape index (κ2) is 4.89. The van der Waals surface area contributed by atoms with Crippen molar-refractivity contribution >= 4 is 17.9 Å². The van der Waals surface area contributed by atoms with Crippen molar-refractivity contribution in [3.8, 4) is 0 Å². The van der Waals surface area contributed by atoms with Gasteiger partial charge in [0.25, 0.3) is 5.91 Å². The van der Waals surface area contributed by atoms with Gasteiger partial charge in [-0.25, -0.2) is 9.18 Å². The summed E-state index contributed by atoms with van der Waals surface area (Å²) in [5.41, 5.74) is 0.357. The Labute approximate surface area is 106 Å². The van der Waals surface area contributed by atoms with Gasteiger partial charge in [0.2, 0.25) is 5.76 Å². The quantitative estimate of drug-likeness (QED) is 0.885. The molecule has 0 aliphatic carbocycles. The van der Waals surface area contributed by atoms with E-state index in [0.29, 0.717) is 0 Å². The average molecular weight is 264 g/mol. The first-order valence-electron chi connectivity index (χ1n) is 5.25. The van der Waals surface area contributed by atoms with E-state index >= 15 is 0 Å². The number of halogens is 1. The van der Waals surface area contributed by atoms with E-state index in [1.165, 1.54) is 19.1 Å². The summed E-state index contributed by atoms with van der Waals surface area (Å²) in [5.74, 6) is -2.64. The van der Waals surface area contributed by atoms with Crippen molar-refractivity contribution < 1.29 is 23.5 Å². The molecule has 7 heteroatoms. The van der Waals surface area contributed by atoms with Crippen LogP contribution in [-0.2, 0) is 0 Å². The van der Waals surface area contributed by atoms with Crippen molar-refractivity contribution in [2.45, 2.75) is 6.92 Å². The molecule has 98 valence electrons. The van der Waals surface area contributed by atoms with Crippen LogP contribution in [0.5, 0.6) is 0 Å². The molecule has 19 heavy (non-hydrogen) atoms. The second-order valence-electron chi connectivity index (χ2n) is 3.70. The lowest BCUT2D eigenvalue weighted by Crippen LogP contribution is -2.12. The van der Waals surface area contributed by atoms with Crippen LogP contribution in [0.4, 0.5) is 10.4 Å². The highest BCUT2D eigenvalue weighted by Gasteiger charge is 2.18. The minimum atomic E-state index is -1.27. The van der Waals surface area contributed by atoms with Crippen molar-refractivity contribution in [2.75, 3.05) is 5.32 Å². The zero-order valence-electron chi connectivity index (χ0n) is 9.81. The largest absolute Gasteiger partial charge is 0.475 e. The fourth-order valence-electron chi connectivity index (χ4n) is 1.42. The molecule has 0 radical (unpaired) electrons. The summed E-state index contributed by atoms with van der Waals surface area (Å²) in [6, 6.07) is 4.64. The number of nitrogens with zero attached hydrogens (tertiary/aromatic N) is 1. The first kappa shape index (κ1) is 12.7. The van der Waals surface area contributed by atoms with Gasteiger partial charge in [-0.1, -0.05) is 0 Å². The van der Waals surface area contributed by atoms with Crippen molar-refractivity contribution in [3.05, 3.63) is 47.1 Å². The number of carboxylic acid groups (broad SMARTS) is 1. The number of oxazole rings is 1. The summed E-state index contributed by atoms with van der Waals surface area (Å²) in [7, 11) is 0. The number of nitrogens with one attached hydrogen (secondary N) is 1. The highest BCUT2D eigenvalue weighted by atomic mass is 19.1. The van der Waals surface area contributed by atoms with Crippen LogP contribution in [0.15, 0.2) is 28.7 Å². The van der Waals surface area contributed by atoms with Crippen LogP contribution in [0, 0.1) is 12.7 Å². The molecule has 0 bridgehead atoms. The summed E-state index contributed by atoms with van der Waals surface area (Å²) in [4.78, 5) is 26.2. The lowest BCUT2D eigenvalue weighted by Gasteiger charge is -2.00. The lowest BCUT2D eigenvalue weighted by molar-refractivity contribution is 0.0661. The molecule has 1 aromatic carbocycles. The standard InChI is InChI=1S/C12H9FN2O4/c1-6-9(11(17)18)19-12(14-6)15-10(16)7-2-4-8(13)5-3-7/h2-5H,1H3,(H,17,18)(H,14,15,16). The Morgan fingerprint density at radius 2 is 1.95 bits per heavy atom. The Kier molecular flexibility index (Phi) is 3.28. The molecular formula is C12H9FN2O4. The van der Waals surface area contributed by atoms with Crippen LogP contribution < -0.4 is 5.32 Å². The monoisotopic (exact) mass is 264 g/mol. The van der Waals surface area contributed by atoms with Gasteiger partial charge >= 0.3 is 12.0 Å². The van der Waals surface area contributed by atoms with Gasteiger partial charge in [-0.05, 0) is 31.2 Å². The Hall–Kier alpha value is -2.70. The van der Waals surface area contributed by atoms with Crippen molar-refractivity contribution in [2.24, 2.45) is 0 Å². The molecule has 2 rings (SSSR count). The molecular weight excluding hydrogens is 255 g/mol. The van der Waals surface area contributed by atoms with Crippen LogP contribution in [0.1, 0.15) is 26.6 Å². The summed E-state index contributed by atoms with van der Waals surface area (Å²) in [6.07, 6.45) is 0. The maximum absolute atomic E-state index is 12.7. The number of hydrogen-bond donors (Lipinski definition) is 2. The first-order valence-corrected chi connectivity index (χ1v) is 5.25. The van der Waals surface area contributed by atoms with Crippen molar-refractivity contribution in [1.29, 1.82) is 0 Å². The fraction of sp³-hybridized carbons (Fsp3) is 0.0833. The van der Waals surface area contributed by atoms with E-state index in [9.17, 15) is 14.0 Å². The molecule has 1 heterocycles. The molecule has 0 unspecified atom stereocenters. The summed E-state index contributed by atoms with van der Waals surface area (Å²) >= 11 is 0. The van der Waals surface area contributed by atoms with E-state index in [0.717, 1.165) is 12.1 Å². The maximum atomic E-state index is 12.7. The minimum absolute atomic E-state index is 0.155. The molecule has 0 atom stereocenters. The number of aromatic nitrogens is 1. The van der Waals surface area contributed by atoms with Crippen LogP contribution >= 0.6 is 0 Å². The van der Waals surface area contributed by atoms with Crippen LogP contribution in [-0.4, -0.2) is 22.0 Å². The van der Waals surface area contributed by atoms with Crippen LogP contribution in [0.2, 0.25) is 0 Å². The lowest BCUT2D eigenvalue weighted by atomic mass is 10.2. The highest BCUT2D eigenvalue weighted by molar-refractivity contribution is 6.03. The average Bonchev–Trinajstić information content (AvgIpc) is 2.71. The number of hydrogen-bond acceptors (Lipinski definition) is 4. The number of amides is 1. The summed E-state index contributed by atoms with van der Waals surface area (Å²) < 4.78 is 17.6. The molecule has 1 amide bonds. The fourth-order valence-corrected chi connectivity index (χ4v) is 1.42. The Balaban J connectivity index is 2.17. The number of aryl methyl sites for hydroxylation is 1. The van der Waals surface area contributed by atoms with Crippen LogP contribution in [0.25, 0.3) is 0 Å². The van der Waals surface area contributed by atoms with Gasteiger partial charge in [-0.15, -0.1) is 0 Å². The number of anilines is 1. The van der Waals surface area contributed by atoms with E-state index < -0.39 is 17.7 Å². The third-order valence-corrected chi connectivity index (χ3v) is 2.32. The summed E-state index contributed by atoms with van der Waals surface area (Å²) in [6.45, 7) is 1.44. The SMILES string of the molecule is Cc1nc(NC(=O)c2ccc(F)cc2)oc1C(=O)O. The molecule has 2 N–H and O–H groups in total. The van der Waals surface area contributed by atoms with Gasteiger partial charge in [0, 0.05) is 5.56 Å². The Morgan fingerprint density at radius 1 is 1.32 bits per heavy atom. The predicted molar refractivity (Wildman–Crippen MR) is 62.6 cm³/mol. The van der Waals surface area contributed by atoms with Gasteiger partial charge in [-0.3, -0.25) is 10.1 Å². The van der Waals surface area contributed by atoms with E-state index in [4.69, 9.17) is 9.52 Å². The van der Waals surface area contributed by atoms with E-state index in [1.807, 2.05) is 0 Å². The number of aromatic carboxylic acids is 1. The number of rotatable bonds is 3. The maximum Gasteiger partial charge on any atom is 0.373 e. The number of carboxylic acids is 1. The molecule has 1 aromatic heterocycles. The van der Waals surface area contributed by atoms with Gasteiger partial charge in [0.15, 0.2) is 0 Å². The minimum Gasteiger partial charge on any atom is -0.475 e. The van der Waals surface area contributed by atoms with Crippen molar-refractivity contribution in [1.82, 2.24) is 4.98 Å². The van der Waals surface area contributed by atoms with Gasteiger partial charge < -0.3 is 9.52 Å². The number of carbonyl (C=O) groups excluding carboxylic acids is 1. The molecule has 0 aliphatic rings. The van der Waals surface area contributed by atoms with Gasteiger partial charge in [0.1, 0.15) is 5.82 Å². The molecule has 6 nitrogen and oxygen atoms in total. The third-order valence-electron chi connectivity index (χ3n) is 2.32. The van der Waals surface area contributed by atoms with Crippen molar-refractivity contribution in [3.63, 3.8) is 0 Å². The molecule has 0 fully saturated rings. The molecule has 0 saturated carbocycles. The third kappa shape index (κ3) is 2.76. The zero-order valence-corrected chi connectivity index (χ0v) is 9.81. The van der Waals surface area contributed by atoms with E-state index in [2.05, 4.69) is 10.3 Å². The normalized spacial score (nSPS) is 10.2. The molecule has 2 aromatic rings. The smallest absolute Gasteiger partial charge is 0.373 e. The van der Waals surface area contributed by atoms with E-state index in [-0.39, 0.29) is 23.0 Å². The number of benzene rings is 1. The van der Waals surface area contributed by atoms with E-state index in [1.54, 1.807) is 0 Å².